The third-order valence-corrected chi connectivity index (χ3v) is 6.45. The molecular formula is C25H25F3N4O4. The quantitative estimate of drug-likeness (QED) is 0.549. The fraction of sp³-hybridized carbons (Fsp3) is 0.360. The third-order valence-electron chi connectivity index (χ3n) is 6.45. The fourth-order valence-corrected chi connectivity index (χ4v) is 4.55. The average molecular weight is 502 g/mol. The molecule has 2 aromatic carbocycles. The first-order chi connectivity index (χ1) is 17.0. The molecule has 1 aliphatic heterocycles. The van der Waals surface area contributed by atoms with Crippen LogP contribution in [0.15, 0.2) is 58.1 Å². The van der Waals surface area contributed by atoms with E-state index in [2.05, 4.69) is 0 Å². The number of rotatable bonds is 4. The molecule has 1 atom stereocenters. The maximum Gasteiger partial charge on any atom is 0.416 e. The van der Waals surface area contributed by atoms with Crippen molar-refractivity contribution in [1.29, 1.82) is 0 Å². The lowest BCUT2D eigenvalue weighted by atomic mass is 10.1. The number of carbonyl (C=O) groups is 2. The Kier molecular flexibility index (Phi) is 6.75. The number of piperazine rings is 1. The van der Waals surface area contributed by atoms with Crippen molar-refractivity contribution in [3.63, 3.8) is 0 Å². The minimum atomic E-state index is -4.67. The van der Waals surface area contributed by atoms with E-state index in [9.17, 15) is 32.3 Å². The molecule has 0 aliphatic carbocycles. The summed E-state index contributed by atoms with van der Waals surface area (Å²) in [7, 11) is 0. The molecular weight excluding hydrogens is 477 g/mol. The second-order valence-corrected chi connectivity index (χ2v) is 8.61. The van der Waals surface area contributed by atoms with Crippen molar-refractivity contribution in [1.82, 2.24) is 18.9 Å². The maximum atomic E-state index is 13.7. The van der Waals surface area contributed by atoms with E-state index < -0.39 is 29.0 Å². The smallest absolute Gasteiger partial charge is 0.339 e. The first-order valence-corrected chi connectivity index (χ1v) is 11.5. The number of fused-ring (bicyclic) bond motifs is 1. The van der Waals surface area contributed by atoms with E-state index in [1.165, 1.54) is 29.7 Å². The molecule has 0 spiro atoms. The summed E-state index contributed by atoms with van der Waals surface area (Å²) in [5.74, 6) is -0.452. The third kappa shape index (κ3) is 4.52. The van der Waals surface area contributed by atoms with Gasteiger partial charge in [0.25, 0.3) is 5.56 Å². The van der Waals surface area contributed by atoms with Crippen LogP contribution in [0.5, 0.6) is 0 Å². The summed E-state index contributed by atoms with van der Waals surface area (Å²) in [4.78, 5) is 55.4. The van der Waals surface area contributed by atoms with Crippen molar-refractivity contribution < 1.29 is 22.8 Å². The van der Waals surface area contributed by atoms with Crippen LogP contribution in [0.3, 0.4) is 0 Å². The number of para-hydroxylation sites is 1. The molecule has 1 aromatic heterocycles. The predicted octanol–water partition coefficient (Wildman–Crippen LogP) is 2.81. The van der Waals surface area contributed by atoms with Crippen molar-refractivity contribution in [3.05, 3.63) is 74.9 Å². The summed E-state index contributed by atoms with van der Waals surface area (Å²) in [6, 6.07) is 9.19. The number of hydrogen-bond acceptors (Lipinski definition) is 4. The van der Waals surface area contributed by atoms with Gasteiger partial charge in [-0.25, -0.2) is 9.36 Å². The van der Waals surface area contributed by atoms with E-state index in [1.54, 1.807) is 28.9 Å². The van der Waals surface area contributed by atoms with Gasteiger partial charge in [-0.15, -0.1) is 0 Å². The summed E-state index contributed by atoms with van der Waals surface area (Å²) in [6.45, 7) is 4.46. The second-order valence-electron chi connectivity index (χ2n) is 8.61. The van der Waals surface area contributed by atoms with E-state index in [1.807, 2.05) is 0 Å². The summed E-state index contributed by atoms with van der Waals surface area (Å²) >= 11 is 0. The largest absolute Gasteiger partial charge is 0.416 e. The van der Waals surface area contributed by atoms with Crippen molar-refractivity contribution in [3.8, 4) is 5.69 Å². The predicted molar refractivity (Wildman–Crippen MR) is 127 cm³/mol. The van der Waals surface area contributed by atoms with Crippen LogP contribution in [-0.2, 0) is 15.8 Å². The van der Waals surface area contributed by atoms with Crippen LogP contribution >= 0.6 is 0 Å². The maximum absolute atomic E-state index is 13.7. The van der Waals surface area contributed by atoms with Gasteiger partial charge in [0.2, 0.25) is 11.8 Å². The van der Waals surface area contributed by atoms with Crippen LogP contribution in [-0.4, -0.2) is 56.9 Å². The minimum absolute atomic E-state index is 0.0930. The molecule has 2 amide bonds. The zero-order valence-electron chi connectivity index (χ0n) is 19.8. The summed E-state index contributed by atoms with van der Waals surface area (Å²) in [6.07, 6.45) is -4.46. The van der Waals surface area contributed by atoms with Gasteiger partial charge in [-0.1, -0.05) is 25.1 Å². The van der Waals surface area contributed by atoms with Gasteiger partial charge in [0.1, 0.15) is 6.04 Å². The molecule has 0 bridgehead atoms. The van der Waals surface area contributed by atoms with Crippen LogP contribution in [0.2, 0.25) is 0 Å². The van der Waals surface area contributed by atoms with Crippen LogP contribution in [0.4, 0.5) is 13.2 Å². The van der Waals surface area contributed by atoms with E-state index in [4.69, 9.17) is 0 Å². The van der Waals surface area contributed by atoms with Crippen molar-refractivity contribution in [2.75, 3.05) is 26.2 Å². The van der Waals surface area contributed by atoms with Crippen LogP contribution in [0.1, 0.15) is 31.9 Å². The summed E-state index contributed by atoms with van der Waals surface area (Å²) < 4.78 is 41.9. The fourth-order valence-electron chi connectivity index (χ4n) is 4.55. The van der Waals surface area contributed by atoms with E-state index in [0.29, 0.717) is 17.7 Å². The Hall–Kier alpha value is -3.89. The topological polar surface area (TPSA) is 84.6 Å². The number of carbonyl (C=O) groups excluding carboxylic acids is 2. The minimum Gasteiger partial charge on any atom is -0.339 e. The van der Waals surface area contributed by atoms with Gasteiger partial charge in [-0.2, -0.15) is 13.2 Å². The van der Waals surface area contributed by atoms with E-state index >= 15 is 0 Å². The summed E-state index contributed by atoms with van der Waals surface area (Å²) in [5.41, 5.74) is -2.70. The molecule has 1 unspecified atom stereocenters. The number of hydrogen-bond donors (Lipinski definition) is 0. The number of alkyl halides is 3. The van der Waals surface area contributed by atoms with Crippen molar-refractivity contribution >= 4 is 22.7 Å². The first-order valence-electron chi connectivity index (χ1n) is 11.5. The molecule has 190 valence electrons. The average Bonchev–Trinajstić information content (AvgIpc) is 2.86. The Balaban J connectivity index is 1.87. The Bertz CT molecular complexity index is 1440. The summed E-state index contributed by atoms with van der Waals surface area (Å²) in [5, 5.41) is 0.0992. The molecule has 0 radical (unpaired) electrons. The molecule has 1 fully saturated rings. The van der Waals surface area contributed by atoms with E-state index in [0.717, 1.165) is 18.2 Å². The second kappa shape index (κ2) is 9.63. The highest BCUT2D eigenvalue weighted by Gasteiger charge is 2.33. The Morgan fingerprint density at radius 2 is 1.58 bits per heavy atom. The molecule has 3 aromatic rings. The van der Waals surface area contributed by atoms with Gasteiger partial charge in [-0.05, 0) is 36.8 Å². The number of amides is 2. The van der Waals surface area contributed by atoms with Crippen LogP contribution in [0.25, 0.3) is 16.6 Å². The standard InChI is InChI=1S/C25H25F3N4O4/c1-3-20(23(35)30-13-11-29(12-14-30)16(2)33)32-21-10-5-4-9-19(21)22(34)31(24(32)36)18-8-6-7-17(15-18)25(26,27)28/h4-10,15,20H,3,11-14H2,1-2H3. The Morgan fingerprint density at radius 1 is 0.944 bits per heavy atom. The lowest BCUT2D eigenvalue weighted by Gasteiger charge is -2.36. The molecule has 11 heteroatoms. The molecule has 0 saturated carbocycles. The highest BCUT2D eigenvalue weighted by atomic mass is 19.4. The van der Waals surface area contributed by atoms with Crippen LogP contribution < -0.4 is 11.2 Å². The highest BCUT2D eigenvalue weighted by molar-refractivity contribution is 5.85. The monoisotopic (exact) mass is 502 g/mol. The molecule has 4 rings (SSSR count). The van der Waals surface area contributed by atoms with Gasteiger partial charge >= 0.3 is 11.9 Å². The molecule has 2 heterocycles. The highest BCUT2D eigenvalue weighted by Crippen LogP contribution is 2.30. The van der Waals surface area contributed by atoms with Crippen molar-refractivity contribution in [2.24, 2.45) is 0 Å². The van der Waals surface area contributed by atoms with Gasteiger partial charge in [-0.3, -0.25) is 19.0 Å². The molecule has 1 saturated heterocycles. The molecule has 0 N–H and O–H groups in total. The van der Waals surface area contributed by atoms with Gasteiger partial charge in [0, 0.05) is 33.1 Å². The molecule has 1 aliphatic rings. The van der Waals surface area contributed by atoms with Gasteiger partial charge < -0.3 is 9.80 Å². The van der Waals surface area contributed by atoms with Crippen molar-refractivity contribution in [2.45, 2.75) is 32.5 Å². The Morgan fingerprint density at radius 3 is 2.19 bits per heavy atom. The lowest BCUT2D eigenvalue weighted by Crippen LogP contribution is -2.53. The Labute approximate surface area is 204 Å². The zero-order valence-corrected chi connectivity index (χ0v) is 19.8. The number of nitrogens with zero attached hydrogens (tertiary/aromatic N) is 4. The van der Waals surface area contributed by atoms with Gasteiger partial charge in [0.15, 0.2) is 0 Å². The number of benzene rings is 2. The number of aromatic nitrogens is 2. The first kappa shape index (κ1) is 25.2. The molecule has 8 nitrogen and oxygen atoms in total. The van der Waals surface area contributed by atoms with E-state index in [-0.39, 0.29) is 47.9 Å². The molecule has 36 heavy (non-hydrogen) atoms. The SMILES string of the molecule is CCC(C(=O)N1CCN(C(C)=O)CC1)n1c(=O)n(-c2cccc(C(F)(F)F)c2)c(=O)c2ccccc21. The normalized spacial score (nSPS) is 15.2. The number of halogens is 3. The van der Waals surface area contributed by atoms with Gasteiger partial charge in [0.05, 0.1) is 22.2 Å². The van der Waals surface area contributed by atoms with Crippen LogP contribution in [0, 0.1) is 0 Å². The zero-order chi connectivity index (χ0) is 26.2. The lowest BCUT2D eigenvalue weighted by molar-refractivity contribution is -0.140.